The lowest BCUT2D eigenvalue weighted by atomic mass is 9.94. The van der Waals surface area contributed by atoms with Gasteiger partial charge < -0.3 is 10.6 Å². The third-order valence-electron chi connectivity index (χ3n) is 4.24. The smallest absolute Gasteiger partial charge is 0.220 e. The normalized spacial score (nSPS) is 39.8. The second kappa shape index (κ2) is 4.34. The topological polar surface area (TPSA) is 44.4 Å². The van der Waals surface area contributed by atoms with Crippen molar-refractivity contribution in [1.82, 2.24) is 15.5 Å². The molecular formula is C12H21N3O. The number of nitrogens with zero attached hydrogens (tertiary/aromatic N) is 1. The molecule has 1 amide bonds. The summed E-state index contributed by atoms with van der Waals surface area (Å²) in [6, 6.07) is 1.12. The van der Waals surface area contributed by atoms with Crippen LogP contribution in [0.2, 0.25) is 0 Å². The fourth-order valence-electron chi connectivity index (χ4n) is 3.41. The van der Waals surface area contributed by atoms with E-state index in [-0.39, 0.29) is 5.91 Å². The molecule has 3 heterocycles. The quantitative estimate of drug-likeness (QED) is 0.690. The van der Waals surface area contributed by atoms with Crippen molar-refractivity contribution in [1.29, 1.82) is 0 Å². The molecule has 0 aliphatic carbocycles. The van der Waals surface area contributed by atoms with Gasteiger partial charge in [-0.15, -0.1) is 0 Å². The van der Waals surface area contributed by atoms with Gasteiger partial charge in [0.2, 0.25) is 5.91 Å². The first-order valence-electron chi connectivity index (χ1n) is 6.56. The van der Waals surface area contributed by atoms with Gasteiger partial charge in [-0.2, -0.15) is 0 Å². The van der Waals surface area contributed by atoms with Gasteiger partial charge in [-0.3, -0.25) is 9.69 Å². The van der Waals surface area contributed by atoms with Crippen LogP contribution in [0.3, 0.4) is 0 Å². The lowest BCUT2D eigenvalue weighted by molar-refractivity contribution is -0.119. The molecule has 0 aromatic rings. The molecular weight excluding hydrogens is 202 g/mol. The van der Waals surface area contributed by atoms with Crippen LogP contribution in [-0.4, -0.2) is 49.1 Å². The summed E-state index contributed by atoms with van der Waals surface area (Å²) in [4.78, 5) is 13.7. The highest BCUT2D eigenvalue weighted by atomic mass is 16.1. The molecule has 4 nitrogen and oxygen atoms in total. The molecule has 3 saturated heterocycles. The van der Waals surface area contributed by atoms with Crippen LogP contribution in [0.5, 0.6) is 0 Å². The van der Waals surface area contributed by atoms with Gasteiger partial charge in [0.1, 0.15) is 0 Å². The van der Waals surface area contributed by atoms with E-state index in [2.05, 4.69) is 15.5 Å². The number of piperidine rings is 1. The molecule has 3 rings (SSSR count). The zero-order chi connectivity index (χ0) is 11.0. The van der Waals surface area contributed by atoms with Gasteiger partial charge in [0.25, 0.3) is 0 Å². The van der Waals surface area contributed by atoms with Gasteiger partial charge in [-0.05, 0) is 31.7 Å². The number of carbonyl (C=O) groups excluding carboxylic acids is 1. The molecule has 0 radical (unpaired) electrons. The molecule has 3 atom stereocenters. The van der Waals surface area contributed by atoms with Crippen LogP contribution in [0.4, 0.5) is 0 Å². The maximum Gasteiger partial charge on any atom is 0.220 e. The maximum absolute atomic E-state index is 11.1. The van der Waals surface area contributed by atoms with Crippen molar-refractivity contribution in [3.8, 4) is 0 Å². The third-order valence-corrected chi connectivity index (χ3v) is 4.24. The second-order valence-electron chi connectivity index (χ2n) is 5.48. The average molecular weight is 223 g/mol. The molecule has 1 unspecified atom stereocenters. The van der Waals surface area contributed by atoms with Gasteiger partial charge in [0.05, 0.1) is 0 Å². The van der Waals surface area contributed by atoms with Crippen LogP contribution in [0, 0.1) is 5.92 Å². The van der Waals surface area contributed by atoms with E-state index >= 15 is 0 Å². The van der Waals surface area contributed by atoms with Crippen molar-refractivity contribution < 1.29 is 4.79 Å². The molecule has 0 saturated carbocycles. The molecule has 0 bridgehead atoms. The van der Waals surface area contributed by atoms with Crippen LogP contribution >= 0.6 is 0 Å². The minimum Gasteiger partial charge on any atom is -0.352 e. The summed E-state index contributed by atoms with van der Waals surface area (Å²) in [6.07, 6.45) is 4.46. The van der Waals surface area contributed by atoms with E-state index in [1.807, 2.05) is 0 Å². The van der Waals surface area contributed by atoms with E-state index in [0.29, 0.717) is 12.1 Å². The molecule has 0 aromatic carbocycles. The summed E-state index contributed by atoms with van der Waals surface area (Å²) >= 11 is 0. The number of likely N-dealkylation sites (tertiary alicyclic amines) is 1. The highest BCUT2D eigenvalue weighted by Gasteiger charge is 2.35. The summed E-state index contributed by atoms with van der Waals surface area (Å²) < 4.78 is 0. The van der Waals surface area contributed by atoms with Crippen LogP contribution in [-0.2, 0) is 4.79 Å². The maximum atomic E-state index is 11.1. The Hall–Kier alpha value is -0.610. The summed E-state index contributed by atoms with van der Waals surface area (Å²) in [6.45, 7) is 4.65. The highest BCUT2D eigenvalue weighted by molar-refractivity contribution is 5.78. The van der Waals surface area contributed by atoms with Crippen molar-refractivity contribution in [2.75, 3.05) is 26.2 Å². The molecule has 0 spiro atoms. The number of fused-ring (bicyclic) bond motifs is 1. The van der Waals surface area contributed by atoms with Crippen molar-refractivity contribution in [2.24, 2.45) is 5.92 Å². The lowest BCUT2D eigenvalue weighted by Gasteiger charge is -2.24. The zero-order valence-electron chi connectivity index (χ0n) is 9.74. The Labute approximate surface area is 96.8 Å². The highest BCUT2D eigenvalue weighted by Crippen LogP contribution is 2.25. The van der Waals surface area contributed by atoms with Crippen LogP contribution < -0.4 is 10.6 Å². The van der Waals surface area contributed by atoms with E-state index in [1.165, 1.54) is 32.5 Å². The first-order valence-corrected chi connectivity index (χ1v) is 6.56. The number of rotatable bonds is 2. The van der Waals surface area contributed by atoms with Gasteiger partial charge in [-0.1, -0.05) is 0 Å². The Morgan fingerprint density at radius 2 is 2.25 bits per heavy atom. The molecule has 16 heavy (non-hydrogen) atoms. The molecule has 3 aliphatic heterocycles. The molecule has 2 N–H and O–H groups in total. The minimum atomic E-state index is 0.236. The largest absolute Gasteiger partial charge is 0.352 e. The summed E-state index contributed by atoms with van der Waals surface area (Å²) in [5, 5.41) is 6.68. The molecule has 3 fully saturated rings. The van der Waals surface area contributed by atoms with E-state index in [9.17, 15) is 4.79 Å². The predicted octanol–water partition coefficient (Wildman–Crippen LogP) is -0.0512. The number of hydrogen-bond donors (Lipinski definition) is 2. The van der Waals surface area contributed by atoms with Gasteiger partial charge in [-0.25, -0.2) is 0 Å². The number of nitrogens with one attached hydrogen (secondary N) is 2. The predicted molar refractivity (Wildman–Crippen MR) is 62.1 cm³/mol. The van der Waals surface area contributed by atoms with Crippen molar-refractivity contribution >= 4 is 5.91 Å². The monoisotopic (exact) mass is 223 g/mol. The average Bonchev–Trinajstić information content (AvgIpc) is 2.84. The molecule has 0 aromatic heterocycles. The molecule has 3 aliphatic rings. The summed E-state index contributed by atoms with van der Waals surface area (Å²) in [7, 11) is 0. The summed E-state index contributed by atoms with van der Waals surface area (Å²) in [5.41, 5.74) is 0. The van der Waals surface area contributed by atoms with Gasteiger partial charge in [0, 0.05) is 38.1 Å². The zero-order valence-corrected chi connectivity index (χ0v) is 9.74. The van der Waals surface area contributed by atoms with Crippen molar-refractivity contribution in [2.45, 2.75) is 37.8 Å². The van der Waals surface area contributed by atoms with Crippen molar-refractivity contribution in [3.63, 3.8) is 0 Å². The van der Waals surface area contributed by atoms with Crippen molar-refractivity contribution in [3.05, 3.63) is 0 Å². The summed E-state index contributed by atoms with van der Waals surface area (Å²) in [5.74, 6) is 1.09. The van der Waals surface area contributed by atoms with E-state index in [0.717, 1.165) is 25.3 Å². The van der Waals surface area contributed by atoms with E-state index in [1.54, 1.807) is 0 Å². The third kappa shape index (κ3) is 2.09. The Morgan fingerprint density at radius 3 is 3.00 bits per heavy atom. The Kier molecular flexibility index (Phi) is 2.86. The Bertz CT molecular complexity index is 267. The van der Waals surface area contributed by atoms with Gasteiger partial charge >= 0.3 is 0 Å². The van der Waals surface area contributed by atoms with Crippen LogP contribution in [0.15, 0.2) is 0 Å². The molecule has 4 heteroatoms. The first kappa shape index (κ1) is 10.5. The Morgan fingerprint density at radius 1 is 1.31 bits per heavy atom. The minimum absolute atomic E-state index is 0.236. The number of hydrogen-bond acceptors (Lipinski definition) is 3. The second-order valence-corrected chi connectivity index (χ2v) is 5.48. The fraction of sp³-hybridized carbons (Fsp3) is 0.917. The first-order chi connectivity index (χ1) is 7.81. The van der Waals surface area contributed by atoms with E-state index < -0.39 is 0 Å². The standard InChI is InChI=1S/C12H21N3O/c16-12-4-3-10(14-12)7-15-6-9-2-1-5-13-11(9)8-15/h9-11,13H,1-8H2,(H,14,16)/t9-,10?,11+/m0/s1. The van der Waals surface area contributed by atoms with Crippen LogP contribution in [0.1, 0.15) is 25.7 Å². The fourth-order valence-corrected chi connectivity index (χ4v) is 3.41. The van der Waals surface area contributed by atoms with E-state index in [4.69, 9.17) is 0 Å². The molecule has 90 valence electrons. The SMILES string of the molecule is O=C1CCC(CN2C[C@@H]3CCCN[C@@H]3C2)N1. The van der Waals surface area contributed by atoms with Crippen LogP contribution in [0.25, 0.3) is 0 Å². The number of amides is 1. The number of carbonyl (C=O) groups is 1. The lowest BCUT2D eigenvalue weighted by Crippen LogP contribution is -2.41. The Balaban J connectivity index is 1.51. The van der Waals surface area contributed by atoms with Gasteiger partial charge in [0.15, 0.2) is 0 Å².